The van der Waals surface area contributed by atoms with Crippen molar-refractivity contribution in [3.63, 3.8) is 0 Å². The number of rotatable bonds is 3. The van der Waals surface area contributed by atoms with Crippen LogP contribution in [0.5, 0.6) is 0 Å². The van der Waals surface area contributed by atoms with Gasteiger partial charge in [-0.3, -0.25) is 4.79 Å². The first-order chi connectivity index (χ1) is 9.70. The monoisotopic (exact) mass is 326 g/mol. The molecule has 0 saturated heterocycles. The van der Waals surface area contributed by atoms with Crippen molar-refractivity contribution in [2.24, 2.45) is 0 Å². The number of ketones is 1. The zero-order chi connectivity index (χ0) is 15.8. The van der Waals surface area contributed by atoms with Crippen LogP contribution in [0.25, 0.3) is 0 Å². The van der Waals surface area contributed by atoms with Crippen molar-refractivity contribution in [3.8, 4) is 0 Å². The smallest absolute Gasteiger partial charge is 0.194 e. The Labute approximate surface area is 127 Å². The summed E-state index contributed by atoms with van der Waals surface area (Å²) in [6.07, 6.45) is 1.09. The molecule has 0 unspecified atom stereocenters. The summed E-state index contributed by atoms with van der Waals surface area (Å²) in [4.78, 5) is 12.5. The first-order valence-electron chi connectivity index (χ1n) is 6.00. The van der Waals surface area contributed by atoms with Crippen molar-refractivity contribution < 1.29 is 17.6 Å². The Kier molecular flexibility index (Phi) is 4.16. The lowest BCUT2D eigenvalue weighted by atomic mass is 10.0. The first-order valence-corrected chi connectivity index (χ1v) is 8.27. The fourth-order valence-corrected chi connectivity index (χ4v) is 2.71. The summed E-state index contributed by atoms with van der Waals surface area (Å²) in [7, 11) is -3.32. The van der Waals surface area contributed by atoms with E-state index in [9.17, 15) is 17.6 Å². The second kappa shape index (κ2) is 5.58. The maximum Gasteiger partial charge on any atom is 0.194 e. The van der Waals surface area contributed by atoms with E-state index in [0.717, 1.165) is 12.3 Å². The summed E-state index contributed by atoms with van der Waals surface area (Å²) >= 11 is 5.89. The Bertz CT molecular complexity index is 812. The Morgan fingerprint density at radius 3 is 2.24 bits per heavy atom. The lowest BCUT2D eigenvalue weighted by molar-refractivity contribution is 0.103. The van der Waals surface area contributed by atoms with Gasteiger partial charge in [-0.05, 0) is 48.9 Å². The number of halogens is 2. The predicted molar refractivity (Wildman–Crippen MR) is 79.1 cm³/mol. The molecule has 0 aliphatic carbocycles. The fourth-order valence-electron chi connectivity index (χ4n) is 1.84. The van der Waals surface area contributed by atoms with Gasteiger partial charge in [0.25, 0.3) is 0 Å². The number of aryl methyl sites for hydroxylation is 1. The summed E-state index contributed by atoms with van der Waals surface area (Å²) in [5.41, 5.74) is 0.786. The summed E-state index contributed by atoms with van der Waals surface area (Å²) in [6.45, 7) is 1.54. The second-order valence-electron chi connectivity index (χ2n) is 4.71. The molecule has 2 aromatic rings. The van der Waals surface area contributed by atoms with E-state index in [4.69, 9.17) is 11.6 Å². The Balaban J connectivity index is 2.44. The molecule has 2 rings (SSSR count). The molecule has 2 aromatic carbocycles. The van der Waals surface area contributed by atoms with E-state index in [1.165, 1.54) is 37.3 Å². The van der Waals surface area contributed by atoms with Crippen LogP contribution in [-0.4, -0.2) is 20.5 Å². The number of carbonyl (C=O) groups excluding carboxylic acids is 1. The molecule has 0 aliphatic rings. The van der Waals surface area contributed by atoms with E-state index in [2.05, 4.69) is 0 Å². The molecular formula is C15H12ClFO3S. The summed E-state index contributed by atoms with van der Waals surface area (Å²) < 4.78 is 36.1. The van der Waals surface area contributed by atoms with Crippen LogP contribution in [0.1, 0.15) is 21.5 Å². The van der Waals surface area contributed by atoms with Gasteiger partial charge < -0.3 is 0 Å². The second-order valence-corrected chi connectivity index (χ2v) is 7.13. The maximum absolute atomic E-state index is 13.3. The van der Waals surface area contributed by atoms with E-state index in [0.29, 0.717) is 5.56 Å². The van der Waals surface area contributed by atoms with Gasteiger partial charge in [-0.2, -0.15) is 0 Å². The summed E-state index contributed by atoms with van der Waals surface area (Å²) in [5, 5.41) is 0.0234. The van der Waals surface area contributed by atoms with Crippen molar-refractivity contribution in [1.82, 2.24) is 0 Å². The largest absolute Gasteiger partial charge is 0.289 e. The number of hydrogen-bond donors (Lipinski definition) is 0. The molecular weight excluding hydrogens is 315 g/mol. The van der Waals surface area contributed by atoms with Crippen LogP contribution in [0.4, 0.5) is 4.39 Å². The maximum atomic E-state index is 13.3. The first kappa shape index (κ1) is 15.7. The minimum absolute atomic E-state index is 0.0234. The molecule has 0 radical (unpaired) electrons. The van der Waals surface area contributed by atoms with Gasteiger partial charge in [0.15, 0.2) is 15.6 Å². The van der Waals surface area contributed by atoms with Gasteiger partial charge in [0.1, 0.15) is 5.82 Å². The zero-order valence-corrected chi connectivity index (χ0v) is 12.9. The molecule has 0 heterocycles. The van der Waals surface area contributed by atoms with Crippen LogP contribution in [0.15, 0.2) is 41.3 Å². The molecule has 0 N–H and O–H groups in total. The van der Waals surface area contributed by atoms with Crippen LogP contribution in [0.2, 0.25) is 5.02 Å². The van der Waals surface area contributed by atoms with Crippen molar-refractivity contribution >= 4 is 27.2 Å². The quantitative estimate of drug-likeness (QED) is 0.812. The van der Waals surface area contributed by atoms with Crippen molar-refractivity contribution in [2.45, 2.75) is 11.8 Å². The molecule has 0 bridgehead atoms. The van der Waals surface area contributed by atoms with Gasteiger partial charge in [-0.15, -0.1) is 0 Å². The standard InChI is InChI=1S/C15H12ClFO3S/c1-9-7-12(13(16)8-14(9)17)15(18)10-3-5-11(6-4-10)21(2,19)20/h3-8H,1-2H3. The molecule has 0 amide bonds. The van der Waals surface area contributed by atoms with Gasteiger partial charge in [0.05, 0.1) is 9.92 Å². The highest BCUT2D eigenvalue weighted by molar-refractivity contribution is 7.90. The molecule has 6 heteroatoms. The fraction of sp³-hybridized carbons (Fsp3) is 0.133. The Morgan fingerprint density at radius 2 is 1.71 bits per heavy atom. The molecule has 110 valence electrons. The van der Waals surface area contributed by atoms with E-state index < -0.39 is 15.7 Å². The van der Waals surface area contributed by atoms with Crippen LogP contribution < -0.4 is 0 Å². The Hall–Kier alpha value is -1.72. The predicted octanol–water partition coefficient (Wildman–Crippen LogP) is 3.42. The van der Waals surface area contributed by atoms with Gasteiger partial charge >= 0.3 is 0 Å². The van der Waals surface area contributed by atoms with Crippen LogP contribution >= 0.6 is 11.6 Å². The SMILES string of the molecule is Cc1cc(C(=O)c2ccc(S(C)(=O)=O)cc2)c(Cl)cc1F. The molecule has 0 spiro atoms. The highest BCUT2D eigenvalue weighted by Gasteiger charge is 2.16. The molecule has 3 nitrogen and oxygen atoms in total. The minimum Gasteiger partial charge on any atom is -0.289 e. The Morgan fingerprint density at radius 1 is 1.14 bits per heavy atom. The molecule has 21 heavy (non-hydrogen) atoms. The van der Waals surface area contributed by atoms with Crippen LogP contribution in [0.3, 0.4) is 0 Å². The van der Waals surface area contributed by atoms with E-state index in [-0.39, 0.29) is 26.8 Å². The van der Waals surface area contributed by atoms with Gasteiger partial charge in [-0.1, -0.05) is 11.6 Å². The number of sulfone groups is 1. The average molecular weight is 327 g/mol. The lowest BCUT2D eigenvalue weighted by Gasteiger charge is -2.07. The van der Waals surface area contributed by atoms with E-state index in [1.54, 1.807) is 0 Å². The highest BCUT2D eigenvalue weighted by Crippen LogP contribution is 2.23. The van der Waals surface area contributed by atoms with Gasteiger partial charge in [0, 0.05) is 17.4 Å². The number of benzene rings is 2. The van der Waals surface area contributed by atoms with Crippen molar-refractivity contribution in [2.75, 3.05) is 6.26 Å². The number of hydrogen-bond acceptors (Lipinski definition) is 3. The third-order valence-corrected chi connectivity index (χ3v) is 4.48. The van der Waals surface area contributed by atoms with Gasteiger partial charge in [-0.25, -0.2) is 12.8 Å². The van der Waals surface area contributed by atoms with Crippen molar-refractivity contribution in [1.29, 1.82) is 0 Å². The number of carbonyl (C=O) groups is 1. The molecule has 0 atom stereocenters. The molecule has 0 aliphatic heterocycles. The lowest BCUT2D eigenvalue weighted by Crippen LogP contribution is -2.05. The topological polar surface area (TPSA) is 51.2 Å². The molecule has 0 fully saturated rings. The zero-order valence-electron chi connectivity index (χ0n) is 11.4. The third-order valence-electron chi connectivity index (χ3n) is 3.04. The van der Waals surface area contributed by atoms with Crippen LogP contribution in [-0.2, 0) is 9.84 Å². The van der Waals surface area contributed by atoms with Crippen LogP contribution in [0, 0.1) is 12.7 Å². The van der Waals surface area contributed by atoms with Crippen molar-refractivity contribution in [3.05, 3.63) is 63.9 Å². The van der Waals surface area contributed by atoms with E-state index in [1.807, 2.05) is 0 Å². The third kappa shape index (κ3) is 3.31. The summed E-state index contributed by atoms with van der Waals surface area (Å²) in [5.74, 6) is -0.868. The average Bonchev–Trinajstić information content (AvgIpc) is 2.41. The highest BCUT2D eigenvalue weighted by atomic mass is 35.5. The minimum atomic E-state index is -3.32. The molecule has 0 aromatic heterocycles. The summed E-state index contributed by atoms with van der Waals surface area (Å²) in [6, 6.07) is 8.00. The molecule has 0 saturated carbocycles. The van der Waals surface area contributed by atoms with Gasteiger partial charge in [0.2, 0.25) is 0 Å². The normalized spacial score (nSPS) is 11.4. The van der Waals surface area contributed by atoms with E-state index >= 15 is 0 Å².